The van der Waals surface area contributed by atoms with E-state index in [1.165, 1.54) is 18.9 Å². The van der Waals surface area contributed by atoms with Crippen LogP contribution in [0.5, 0.6) is 0 Å². The Morgan fingerprint density at radius 1 is 1.18 bits per heavy atom. The molecule has 1 N–H and O–H groups in total. The molecule has 0 radical (unpaired) electrons. The summed E-state index contributed by atoms with van der Waals surface area (Å²) in [5.74, 6) is -0.231. The van der Waals surface area contributed by atoms with Crippen molar-refractivity contribution in [1.29, 1.82) is 0 Å². The largest absolute Gasteiger partial charge is 0.377 e. The first-order chi connectivity index (χ1) is 13.6. The maximum Gasteiger partial charge on any atom is 0.293 e. The number of rotatable bonds is 7. The van der Waals surface area contributed by atoms with Gasteiger partial charge in [0.2, 0.25) is 0 Å². The van der Waals surface area contributed by atoms with Crippen LogP contribution in [0.25, 0.3) is 0 Å². The number of ether oxygens (including phenoxy) is 1. The molecule has 4 rings (SSSR count). The summed E-state index contributed by atoms with van der Waals surface area (Å²) in [5.41, 5.74) is 1.11. The molecule has 146 valence electrons. The van der Waals surface area contributed by atoms with E-state index in [9.17, 15) is 14.9 Å². The molecule has 2 fully saturated rings. The average Bonchev–Trinajstić information content (AvgIpc) is 3.58. The van der Waals surface area contributed by atoms with E-state index in [0.29, 0.717) is 36.0 Å². The van der Waals surface area contributed by atoms with Crippen molar-refractivity contribution in [3.63, 3.8) is 0 Å². The Morgan fingerprint density at radius 2 is 1.96 bits per heavy atom. The van der Waals surface area contributed by atoms with Gasteiger partial charge in [-0.2, -0.15) is 0 Å². The number of benzene rings is 2. The summed E-state index contributed by atoms with van der Waals surface area (Å²) >= 11 is 0. The molecule has 2 aromatic carbocycles. The monoisotopic (exact) mass is 381 g/mol. The number of carbonyl (C=O) groups excluding carboxylic acids is 1. The summed E-state index contributed by atoms with van der Waals surface area (Å²) in [5, 5.41) is 14.7. The predicted molar refractivity (Wildman–Crippen MR) is 106 cm³/mol. The number of anilines is 1. The zero-order valence-corrected chi connectivity index (χ0v) is 15.5. The molecule has 2 aliphatic rings. The number of hydrogen-bond donors (Lipinski definition) is 1. The van der Waals surface area contributed by atoms with Crippen LogP contribution in [0.15, 0.2) is 48.5 Å². The topological polar surface area (TPSA) is 84.7 Å². The van der Waals surface area contributed by atoms with Crippen molar-refractivity contribution in [2.75, 3.05) is 31.6 Å². The highest BCUT2D eigenvalue weighted by atomic mass is 16.6. The van der Waals surface area contributed by atoms with Crippen molar-refractivity contribution in [3.8, 4) is 0 Å². The molecular formula is C21H23N3O4. The lowest BCUT2D eigenvalue weighted by molar-refractivity contribution is -0.384. The van der Waals surface area contributed by atoms with Crippen molar-refractivity contribution >= 4 is 17.2 Å². The van der Waals surface area contributed by atoms with Gasteiger partial charge in [0.05, 0.1) is 17.6 Å². The first-order valence-electron chi connectivity index (χ1n) is 9.59. The minimum Gasteiger partial charge on any atom is -0.377 e. The standard InChI is InChI=1S/C21H23N3O4/c25-21(15-4-2-1-3-5-15)16-6-9-19(20(12-16)24(26)27)22-13-18-14-23(10-11-28-18)17-7-8-17/h1-6,9,12,17-18,22H,7-8,10-11,13-14H2. The van der Waals surface area contributed by atoms with Gasteiger partial charge >= 0.3 is 0 Å². The molecular weight excluding hydrogens is 358 g/mol. The third kappa shape index (κ3) is 4.21. The van der Waals surface area contributed by atoms with Crippen LogP contribution in [0.3, 0.4) is 0 Å². The van der Waals surface area contributed by atoms with E-state index >= 15 is 0 Å². The third-order valence-electron chi connectivity index (χ3n) is 5.25. The first-order valence-corrected chi connectivity index (χ1v) is 9.59. The Labute approximate surface area is 163 Å². The van der Waals surface area contributed by atoms with Crippen molar-refractivity contribution in [1.82, 2.24) is 4.90 Å². The summed E-state index contributed by atoms with van der Waals surface area (Å²) in [4.78, 5) is 26.1. The van der Waals surface area contributed by atoms with E-state index < -0.39 is 4.92 Å². The quantitative estimate of drug-likeness (QED) is 0.451. The molecule has 0 amide bonds. The van der Waals surface area contributed by atoms with E-state index in [2.05, 4.69) is 10.2 Å². The minimum absolute atomic E-state index is 0.000388. The lowest BCUT2D eigenvalue weighted by Crippen LogP contribution is -2.46. The highest BCUT2D eigenvalue weighted by molar-refractivity contribution is 6.09. The lowest BCUT2D eigenvalue weighted by Gasteiger charge is -2.33. The van der Waals surface area contributed by atoms with Gasteiger partial charge in [-0.15, -0.1) is 0 Å². The molecule has 7 nitrogen and oxygen atoms in total. The smallest absolute Gasteiger partial charge is 0.293 e. The Bertz CT molecular complexity index is 867. The molecule has 1 saturated heterocycles. The second-order valence-corrected chi connectivity index (χ2v) is 7.28. The van der Waals surface area contributed by atoms with Crippen molar-refractivity contribution in [2.24, 2.45) is 0 Å². The molecule has 28 heavy (non-hydrogen) atoms. The number of nitrogens with one attached hydrogen (secondary N) is 1. The minimum atomic E-state index is -0.456. The SMILES string of the molecule is O=C(c1ccccc1)c1ccc(NCC2CN(C3CC3)CCO2)c([N+](=O)[O-])c1. The van der Waals surface area contributed by atoms with Crippen LogP contribution in [-0.2, 0) is 4.74 Å². The van der Waals surface area contributed by atoms with Gasteiger partial charge in [-0.1, -0.05) is 30.3 Å². The van der Waals surface area contributed by atoms with Gasteiger partial charge in [-0.25, -0.2) is 0 Å². The van der Waals surface area contributed by atoms with E-state index in [1.807, 2.05) is 6.07 Å². The van der Waals surface area contributed by atoms with E-state index in [-0.39, 0.29) is 17.6 Å². The van der Waals surface area contributed by atoms with Crippen LogP contribution in [0.1, 0.15) is 28.8 Å². The summed E-state index contributed by atoms with van der Waals surface area (Å²) < 4.78 is 5.80. The summed E-state index contributed by atoms with van der Waals surface area (Å²) in [6.07, 6.45) is 2.50. The molecule has 7 heteroatoms. The fraction of sp³-hybridized carbons (Fsp3) is 0.381. The number of carbonyl (C=O) groups is 1. The van der Waals surface area contributed by atoms with Gasteiger partial charge in [0.15, 0.2) is 5.78 Å². The van der Waals surface area contributed by atoms with Gasteiger partial charge in [0.1, 0.15) is 5.69 Å². The maximum atomic E-state index is 12.6. The van der Waals surface area contributed by atoms with E-state index in [0.717, 1.165) is 13.1 Å². The molecule has 1 unspecified atom stereocenters. The second-order valence-electron chi connectivity index (χ2n) is 7.28. The molecule has 0 bridgehead atoms. The molecule has 1 aliphatic carbocycles. The van der Waals surface area contributed by atoms with Crippen LogP contribution in [0.2, 0.25) is 0 Å². The Balaban J connectivity index is 1.46. The maximum absolute atomic E-state index is 12.6. The number of nitro groups is 1. The summed E-state index contributed by atoms with van der Waals surface area (Å²) in [6.45, 7) is 2.99. The van der Waals surface area contributed by atoms with Crippen LogP contribution in [0, 0.1) is 10.1 Å². The molecule has 0 spiro atoms. The average molecular weight is 381 g/mol. The zero-order valence-electron chi connectivity index (χ0n) is 15.5. The highest BCUT2D eigenvalue weighted by Gasteiger charge is 2.33. The molecule has 1 atom stereocenters. The van der Waals surface area contributed by atoms with Gasteiger partial charge in [0, 0.05) is 42.9 Å². The van der Waals surface area contributed by atoms with E-state index in [4.69, 9.17) is 4.74 Å². The normalized spacial score (nSPS) is 19.9. The highest BCUT2D eigenvalue weighted by Crippen LogP contribution is 2.29. The lowest BCUT2D eigenvalue weighted by atomic mass is 10.0. The van der Waals surface area contributed by atoms with Gasteiger partial charge in [-0.3, -0.25) is 19.8 Å². The Kier molecular flexibility index (Phi) is 5.36. The van der Waals surface area contributed by atoms with Crippen LogP contribution in [0.4, 0.5) is 11.4 Å². The van der Waals surface area contributed by atoms with Crippen LogP contribution < -0.4 is 5.32 Å². The fourth-order valence-corrected chi connectivity index (χ4v) is 3.59. The number of hydrogen-bond acceptors (Lipinski definition) is 6. The molecule has 2 aromatic rings. The molecule has 1 heterocycles. The fourth-order valence-electron chi connectivity index (χ4n) is 3.59. The summed E-state index contributed by atoms with van der Waals surface area (Å²) in [7, 11) is 0. The number of ketones is 1. The van der Waals surface area contributed by atoms with Gasteiger partial charge in [0.25, 0.3) is 5.69 Å². The van der Waals surface area contributed by atoms with Crippen molar-refractivity contribution < 1.29 is 14.5 Å². The van der Waals surface area contributed by atoms with Crippen LogP contribution in [-0.4, -0.2) is 54.0 Å². The number of nitrogens with zero attached hydrogens (tertiary/aromatic N) is 2. The van der Waals surface area contributed by atoms with Crippen molar-refractivity contribution in [3.05, 3.63) is 69.8 Å². The summed E-state index contributed by atoms with van der Waals surface area (Å²) in [6, 6.07) is 14.0. The first kappa shape index (κ1) is 18.6. The molecule has 0 aromatic heterocycles. The third-order valence-corrected chi connectivity index (χ3v) is 5.25. The van der Waals surface area contributed by atoms with Gasteiger partial charge < -0.3 is 10.1 Å². The van der Waals surface area contributed by atoms with E-state index in [1.54, 1.807) is 36.4 Å². The predicted octanol–water partition coefficient (Wildman–Crippen LogP) is 3.10. The number of nitro benzene ring substituents is 1. The second kappa shape index (κ2) is 8.08. The molecule has 1 saturated carbocycles. The zero-order chi connectivity index (χ0) is 19.5. The van der Waals surface area contributed by atoms with Crippen molar-refractivity contribution in [2.45, 2.75) is 25.0 Å². The van der Waals surface area contributed by atoms with Gasteiger partial charge in [-0.05, 0) is 25.0 Å². The number of morpholine rings is 1. The van der Waals surface area contributed by atoms with Crippen LogP contribution >= 0.6 is 0 Å². The molecule has 1 aliphatic heterocycles. The Hall–Kier alpha value is -2.77. The Morgan fingerprint density at radius 3 is 2.68 bits per heavy atom.